The van der Waals surface area contributed by atoms with Crippen LogP contribution in [0, 0.1) is 12.3 Å². The number of ether oxygens (including phenoxy) is 1. The third-order valence-electron chi connectivity index (χ3n) is 7.24. The Morgan fingerprint density at radius 3 is 2.51 bits per heavy atom. The molecule has 1 saturated heterocycles. The van der Waals surface area contributed by atoms with E-state index in [1.807, 2.05) is 59.0 Å². The number of rotatable bonds is 6. The second kappa shape index (κ2) is 11.1. The molecule has 1 amide bonds. The van der Waals surface area contributed by atoms with Gasteiger partial charge < -0.3 is 9.64 Å². The predicted molar refractivity (Wildman–Crippen MR) is 156 cm³/mol. The number of likely N-dealkylation sites (tertiary alicyclic amines) is 1. The fourth-order valence-corrected chi connectivity index (χ4v) is 5.25. The molecule has 7 heteroatoms. The van der Waals surface area contributed by atoms with E-state index in [-0.39, 0.29) is 11.3 Å². The van der Waals surface area contributed by atoms with Gasteiger partial charge in [-0.1, -0.05) is 55.3 Å². The van der Waals surface area contributed by atoms with Crippen molar-refractivity contribution in [2.24, 2.45) is 5.41 Å². The minimum atomic E-state index is -0.205. The van der Waals surface area contributed by atoms with Gasteiger partial charge in [0.15, 0.2) is 0 Å². The lowest BCUT2D eigenvalue weighted by Gasteiger charge is -2.40. The Kier molecular flexibility index (Phi) is 7.58. The largest absolute Gasteiger partial charge is 0.497 e. The highest BCUT2D eigenvalue weighted by Gasteiger charge is 2.34. The van der Waals surface area contributed by atoms with Crippen LogP contribution >= 0.6 is 11.6 Å². The fraction of sp³-hybridized carbons (Fsp3) is 0.281. The van der Waals surface area contributed by atoms with Crippen LogP contribution in [0.25, 0.3) is 17.5 Å². The van der Waals surface area contributed by atoms with Gasteiger partial charge in [-0.25, -0.2) is 0 Å². The van der Waals surface area contributed by atoms with Crippen molar-refractivity contribution in [2.45, 2.75) is 33.7 Å². The summed E-state index contributed by atoms with van der Waals surface area (Å²) in [6.45, 7) is 8.28. The number of hydrogen-bond acceptors (Lipinski definition) is 4. The van der Waals surface area contributed by atoms with Gasteiger partial charge in [-0.3, -0.25) is 14.5 Å². The molecule has 200 valence electrons. The summed E-state index contributed by atoms with van der Waals surface area (Å²) in [5, 5.41) is 5.54. The molecule has 0 N–H and O–H groups in total. The molecule has 0 bridgehead atoms. The Bertz CT molecular complexity index is 1520. The first-order valence-electron chi connectivity index (χ1n) is 13.1. The van der Waals surface area contributed by atoms with Gasteiger partial charge in [0.2, 0.25) is 0 Å². The molecule has 0 unspecified atom stereocenters. The molecular weight excluding hydrogens is 508 g/mol. The molecule has 3 heterocycles. The molecule has 2 aromatic carbocycles. The lowest BCUT2D eigenvalue weighted by molar-refractivity contribution is 0.0664. The fourth-order valence-electron chi connectivity index (χ4n) is 5.06. The number of piperidine rings is 1. The van der Waals surface area contributed by atoms with Gasteiger partial charge >= 0.3 is 0 Å². The van der Waals surface area contributed by atoms with E-state index >= 15 is 0 Å². The van der Waals surface area contributed by atoms with Gasteiger partial charge in [0.1, 0.15) is 11.4 Å². The Balaban J connectivity index is 1.45. The number of benzene rings is 2. The van der Waals surface area contributed by atoms with E-state index in [1.165, 1.54) is 5.57 Å². The molecule has 1 aliphatic heterocycles. The molecule has 5 rings (SSSR count). The number of amides is 1. The number of halogens is 1. The Labute approximate surface area is 234 Å². The first kappa shape index (κ1) is 26.7. The van der Waals surface area contributed by atoms with Crippen molar-refractivity contribution in [3.8, 4) is 17.1 Å². The van der Waals surface area contributed by atoms with Crippen LogP contribution < -0.4 is 4.74 Å². The minimum Gasteiger partial charge on any atom is -0.497 e. The third kappa shape index (κ3) is 6.07. The van der Waals surface area contributed by atoms with Crippen molar-refractivity contribution in [1.29, 1.82) is 0 Å². The zero-order chi connectivity index (χ0) is 27.6. The summed E-state index contributed by atoms with van der Waals surface area (Å²) in [5.41, 5.74) is 6.50. The molecule has 0 aliphatic carbocycles. The van der Waals surface area contributed by atoms with Crippen LogP contribution in [0.1, 0.15) is 47.6 Å². The summed E-state index contributed by atoms with van der Waals surface area (Å²) in [6.07, 6.45) is 3.03. The van der Waals surface area contributed by atoms with Gasteiger partial charge in [-0.2, -0.15) is 5.10 Å². The summed E-state index contributed by atoms with van der Waals surface area (Å²) in [4.78, 5) is 19.8. The van der Waals surface area contributed by atoms with Crippen LogP contribution in [0.2, 0.25) is 5.02 Å². The summed E-state index contributed by atoms with van der Waals surface area (Å²) in [7, 11) is 1.67. The van der Waals surface area contributed by atoms with Gasteiger partial charge in [0.05, 0.1) is 25.0 Å². The van der Waals surface area contributed by atoms with Crippen LogP contribution in [-0.4, -0.2) is 45.8 Å². The molecule has 39 heavy (non-hydrogen) atoms. The second-order valence-corrected chi connectivity index (χ2v) is 11.1. The summed E-state index contributed by atoms with van der Waals surface area (Å²) >= 11 is 6.14. The Morgan fingerprint density at radius 2 is 1.82 bits per heavy atom. The lowest BCUT2D eigenvalue weighted by Crippen LogP contribution is -2.44. The number of aryl methyl sites for hydroxylation is 1. The van der Waals surface area contributed by atoms with Crippen molar-refractivity contribution in [1.82, 2.24) is 19.7 Å². The standard InChI is InChI=1S/C32H33ClN4O2/c1-22-7-5-10-29(34-22)30-19-27(37(35-30)20-23-11-13-28(39-4)14-12-23)18-25-15-16-36(21-32(25,2)3)31(38)24-8-6-9-26(33)17-24/h5-14,17-19H,15-16,20-21H2,1-4H3/b25-18+. The van der Waals surface area contributed by atoms with Crippen LogP contribution in [0.4, 0.5) is 0 Å². The van der Waals surface area contributed by atoms with Crippen molar-refractivity contribution in [2.75, 3.05) is 20.2 Å². The van der Waals surface area contributed by atoms with E-state index in [9.17, 15) is 4.79 Å². The smallest absolute Gasteiger partial charge is 0.253 e. The number of methoxy groups -OCH3 is 1. The number of hydrogen-bond donors (Lipinski definition) is 0. The summed E-state index contributed by atoms with van der Waals surface area (Å²) in [5.74, 6) is 0.842. The van der Waals surface area contributed by atoms with Crippen molar-refractivity contribution in [3.63, 3.8) is 0 Å². The minimum absolute atomic E-state index is 0.0157. The second-order valence-electron chi connectivity index (χ2n) is 10.7. The number of nitrogens with zero attached hydrogens (tertiary/aromatic N) is 4. The van der Waals surface area contributed by atoms with Gasteiger partial charge in [0.25, 0.3) is 5.91 Å². The van der Waals surface area contributed by atoms with E-state index in [4.69, 9.17) is 26.4 Å². The van der Waals surface area contributed by atoms with Crippen LogP contribution in [0.5, 0.6) is 5.75 Å². The first-order valence-corrected chi connectivity index (χ1v) is 13.5. The predicted octanol–water partition coefficient (Wildman–Crippen LogP) is 6.92. The number of carbonyl (C=O) groups is 1. The molecule has 6 nitrogen and oxygen atoms in total. The quantitative estimate of drug-likeness (QED) is 0.266. The number of carbonyl (C=O) groups excluding carboxylic acids is 1. The first-order chi connectivity index (χ1) is 18.7. The topological polar surface area (TPSA) is 60.2 Å². The Morgan fingerprint density at radius 1 is 1.05 bits per heavy atom. The Hall–Kier alpha value is -3.90. The van der Waals surface area contributed by atoms with E-state index < -0.39 is 0 Å². The summed E-state index contributed by atoms with van der Waals surface area (Å²) < 4.78 is 7.36. The average Bonchev–Trinajstić information content (AvgIpc) is 3.32. The zero-order valence-corrected chi connectivity index (χ0v) is 23.6. The van der Waals surface area contributed by atoms with E-state index in [2.05, 4.69) is 38.1 Å². The highest BCUT2D eigenvalue weighted by atomic mass is 35.5. The average molecular weight is 541 g/mol. The van der Waals surface area contributed by atoms with Gasteiger partial charge in [-0.05, 0) is 73.5 Å². The summed E-state index contributed by atoms with van der Waals surface area (Å²) in [6, 6.07) is 23.3. The monoisotopic (exact) mass is 540 g/mol. The van der Waals surface area contributed by atoms with Crippen LogP contribution in [-0.2, 0) is 6.54 Å². The number of aromatic nitrogens is 3. The molecule has 4 aromatic rings. The zero-order valence-electron chi connectivity index (χ0n) is 22.8. The normalized spacial score (nSPS) is 15.9. The third-order valence-corrected chi connectivity index (χ3v) is 7.48. The molecule has 0 spiro atoms. The molecule has 0 atom stereocenters. The van der Waals surface area contributed by atoms with Crippen molar-refractivity contribution in [3.05, 3.63) is 106 Å². The molecule has 0 radical (unpaired) electrons. The molecule has 0 saturated carbocycles. The van der Waals surface area contributed by atoms with E-state index in [1.54, 1.807) is 19.2 Å². The maximum absolute atomic E-state index is 13.2. The molecule has 1 aliphatic rings. The number of pyridine rings is 1. The van der Waals surface area contributed by atoms with E-state index in [0.29, 0.717) is 30.2 Å². The maximum atomic E-state index is 13.2. The SMILES string of the molecule is COc1ccc(Cn2nc(-c3cccc(C)n3)cc2/C=C2\CCN(C(=O)c3cccc(Cl)c3)CC2(C)C)cc1. The van der Waals surface area contributed by atoms with Crippen LogP contribution in [0.15, 0.2) is 78.4 Å². The highest BCUT2D eigenvalue weighted by Crippen LogP contribution is 2.37. The molecule has 2 aromatic heterocycles. The van der Waals surface area contributed by atoms with Crippen molar-refractivity contribution < 1.29 is 9.53 Å². The van der Waals surface area contributed by atoms with Gasteiger partial charge in [-0.15, -0.1) is 0 Å². The highest BCUT2D eigenvalue weighted by molar-refractivity contribution is 6.30. The van der Waals surface area contributed by atoms with E-state index in [0.717, 1.165) is 40.5 Å². The maximum Gasteiger partial charge on any atom is 0.253 e. The van der Waals surface area contributed by atoms with Gasteiger partial charge in [0, 0.05) is 34.8 Å². The molecule has 1 fully saturated rings. The van der Waals surface area contributed by atoms with Crippen molar-refractivity contribution >= 4 is 23.6 Å². The lowest BCUT2D eigenvalue weighted by atomic mass is 9.78. The van der Waals surface area contributed by atoms with Crippen LogP contribution in [0.3, 0.4) is 0 Å². The molecular formula is C32H33ClN4O2.